The minimum atomic E-state index is 0.0149. The second-order valence-electron chi connectivity index (χ2n) is 8.10. The fourth-order valence-corrected chi connectivity index (χ4v) is 4.43. The largest absolute Gasteiger partial charge is 0.359 e. The van der Waals surface area contributed by atoms with E-state index in [0.29, 0.717) is 6.54 Å². The zero-order chi connectivity index (χ0) is 22.2. The van der Waals surface area contributed by atoms with Crippen LogP contribution in [0.4, 0.5) is 5.69 Å². The summed E-state index contributed by atoms with van der Waals surface area (Å²) in [7, 11) is 0. The molecule has 0 aliphatic rings. The highest BCUT2D eigenvalue weighted by atomic mass is 16.2. The second kappa shape index (κ2) is 7.97. The Morgan fingerprint density at radius 3 is 2.59 bits per heavy atom. The van der Waals surface area contributed by atoms with E-state index < -0.39 is 0 Å². The number of carbonyl (C=O) groups excluding carboxylic acids is 1. The van der Waals surface area contributed by atoms with Crippen LogP contribution in [0.5, 0.6) is 0 Å². The molecule has 0 saturated carbocycles. The number of benzene rings is 3. The summed E-state index contributed by atoms with van der Waals surface area (Å²) in [5.74, 6) is 0.0149. The number of para-hydroxylation sites is 2. The van der Waals surface area contributed by atoms with Gasteiger partial charge in [-0.05, 0) is 61.7 Å². The lowest BCUT2D eigenvalue weighted by atomic mass is 9.93. The van der Waals surface area contributed by atoms with Crippen LogP contribution in [0.25, 0.3) is 32.9 Å². The second-order valence-corrected chi connectivity index (χ2v) is 8.10. The molecular formula is C28H25N3O. The number of pyridine rings is 1. The van der Waals surface area contributed by atoms with E-state index in [1.807, 2.05) is 85.7 Å². The summed E-state index contributed by atoms with van der Waals surface area (Å²) in [5.41, 5.74) is 7.91. The Balaban J connectivity index is 1.55. The number of amides is 1. The number of aromatic nitrogens is 2. The average molecular weight is 420 g/mol. The number of nitrogens with one attached hydrogen (secondary N) is 1. The van der Waals surface area contributed by atoms with E-state index in [2.05, 4.69) is 29.0 Å². The summed E-state index contributed by atoms with van der Waals surface area (Å²) >= 11 is 0. The number of anilines is 1. The maximum Gasteiger partial charge on any atom is 0.258 e. The molecule has 0 spiro atoms. The highest BCUT2D eigenvalue weighted by Crippen LogP contribution is 2.32. The van der Waals surface area contributed by atoms with Crippen molar-refractivity contribution in [2.24, 2.45) is 0 Å². The molecule has 5 rings (SSSR count). The molecule has 0 radical (unpaired) electrons. The summed E-state index contributed by atoms with van der Waals surface area (Å²) in [6.07, 6.45) is 3.83. The Morgan fingerprint density at radius 1 is 0.969 bits per heavy atom. The van der Waals surface area contributed by atoms with Gasteiger partial charge in [0.05, 0.1) is 11.2 Å². The quantitative estimate of drug-likeness (QED) is 0.354. The first-order valence-electron chi connectivity index (χ1n) is 10.9. The number of nitrogens with zero attached hydrogens (tertiary/aromatic N) is 2. The predicted octanol–water partition coefficient (Wildman–Crippen LogP) is 6.67. The third-order valence-corrected chi connectivity index (χ3v) is 6.34. The fraction of sp³-hybridized carbons (Fsp3) is 0.143. The van der Waals surface area contributed by atoms with Crippen LogP contribution in [0.1, 0.15) is 28.4 Å². The fourth-order valence-electron chi connectivity index (χ4n) is 4.43. The van der Waals surface area contributed by atoms with Crippen LogP contribution < -0.4 is 4.90 Å². The van der Waals surface area contributed by atoms with Gasteiger partial charge in [0.25, 0.3) is 5.91 Å². The van der Waals surface area contributed by atoms with Crippen molar-refractivity contribution in [1.29, 1.82) is 0 Å². The first kappa shape index (κ1) is 20.0. The molecule has 0 saturated heterocycles. The van der Waals surface area contributed by atoms with Crippen molar-refractivity contribution in [3.8, 4) is 11.1 Å². The molecule has 3 aromatic carbocycles. The molecule has 4 heteroatoms. The number of fused-ring (bicyclic) bond motifs is 2. The molecule has 0 aliphatic heterocycles. The number of rotatable bonds is 4. The molecule has 4 nitrogen and oxygen atoms in total. The van der Waals surface area contributed by atoms with Gasteiger partial charge in [0.2, 0.25) is 0 Å². The van der Waals surface area contributed by atoms with E-state index >= 15 is 0 Å². The molecule has 0 fully saturated rings. The normalized spacial score (nSPS) is 11.2. The van der Waals surface area contributed by atoms with E-state index in [0.717, 1.165) is 55.3 Å². The van der Waals surface area contributed by atoms with E-state index in [1.165, 1.54) is 0 Å². The highest BCUT2D eigenvalue weighted by molar-refractivity contribution is 6.11. The van der Waals surface area contributed by atoms with Gasteiger partial charge < -0.3 is 9.88 Å². The lowest BCUT2D eigenvalue weighted by Gasteiger charge is -2.22. The minimum Gasteiger partial charge on any atom is -0.359 e. The number of H-pyrrole nitrogens is 1. The molecule has 5 aromatic rings. The summed E-state index contributed by atoms with van der Waals surface area (Å²) in [5, 5.41) is 2.16. The van der Waals surface area contributed by atoms with Crippen molar-refractivity contribution in [3.05, 3.63) is 95.8 Å². The van der Waals surface area contributed by atoms with Crippen LogP contribution >= 0.6 is 0 Å². The average Bonchev–Trinajstić information content (AvgIpc) is 3.25. The van der Waals surface area contributed by atoms with Crippen molar-refractivity contribution in [3.63, 3.8) is 0 Å². The smallest absolute Gasteiger partial charge is 0.258 e. The van der Waals surface area contributed by atoms with Crippen molar-refractivity contribution in [2.75, 3.05) is 11.4 Å². The van der Waals surface area contributed by atoms with Gasteiger partial charge in [0.1, 0.15) is 0 Å². The maximum absolute atomic E-state index is 13.6. The molecule has 0 unspecified atom stereocenters. The van der Waals surface area contributed by atoms with Crippen LogP contribution in [0, 0.1) is 13.8 Å². The first-order chi connectivity index (χ1) is 15.6. The third kappa shape index (κ3) is 3.25. The van der Waals surface area contributed by atoms with E-state index in [4.69, 9.17) is 0 Å². The molecule has 1 N–H and O–H groups in total. The Kier molecular flexibility index (Phi) is 4.98. The highest BCUT2D eigenvalue weighted by Gasteiger charge is 2.22. The van der Waals surface area contributed by atoms with Gasteiger partial charge in [0.15, 0.2) is 0 Å². The summed E-state index contributed by atoms with van der Waals surface area (Å²) < 4.78 is 0. The SMILES string of the molecule is CCN(C(=O)c1ccc(-c2cnc3ccccc3c2)c(C)c1C)c1c[nH]c2ccccc12. The molecule has 0 aliphatic carbocycles. The van der Waals surface area contributed by atoms with Crippen molar-refractivity contribution >= 4 is 33.4 Å². The Hall–Kier alpha value is -3.92. The van der Waals surface area contributed by atoms with Gasteiger partial charge in [-0.1, -0.05) is 42.5 Å². The number of aromatic amines is 1. The molecule has 2 aromatic heterocycles. The van der Waals surface area contributed by atoms with Gasteiger partial charge in [-0.15, -0.1) is 0 Å². The molecule has 2 heterocycles. The van der Waals surface area contributed by atoms with E-state index in [-0.39, 0.29) is 5.91 Å². The Bertz CT molecular complexity index is 1460. The van der Waals surface area contributed by atoms with Crippen molar-refractivity contribution < 1.29 is 4.79 Å². The standard InChI is InChI=1S/C28H25N3O/c1-4-31(27-17-30-26-12-8-6-10-24(26)27)28(32)23-14-13-22(18(2)19(23)3)21-15-20-9-5-7-11-25(20)29-16-21/h5-17,30H,4H2,1-3H3. The van der Waals surface area contributed by atoms with Gasteiger partial charge in [-0.3, -0.25) is 9.78 Å². The third-order valence-electron chi connectivity index (χ3n) is 6.34. The molecule has 0 bridgehead atoms. The summed E-state index contributed by atoms with van der Waals surface area (Å²) in [6, 6.07) is 22.3. The van der Waals surface area contributed by atoms with E-state index in [1.54, 1.807) is 0 Å². The lowest BCUT2D eigenvalue weighted by Crippen LogP contribution is -2.31. The topological polar surface area (TPSA) is 49.0 Å². The number of hydrogen-bond acceptors (Lipinski definition) is 2. The molecule has 0 atom stereocenters. The molecule has 32 heavy (non-hydrogen) atoms. The van der Waals surface area contributed by atoms with Crippen molar-refractivity contribution in [1.82, 2.24) is 9.97 Å². The number of carbonyl (C=O) groups is 1. The zero-order valence-corrected chi connectivity index (χ0v) is 18.5. The van der Waals surface area contributed by atoms with Gasteiger partial charge >= 0.3 is 0 Å². The Morgan fingerprint density at radius 2 is 1.75 bits per heavy atom. The van der Waals surface area contributed by atoms with Gasteiger partial charge in [0, 0.05) is 46.4 Å². The van der Waals surface area contributed by atoms with Crippen molar-refractivity contribution in [2.45, 2.75) is 20.8 Å². The summed E-state index contributed by atoms with van der Waals surface area (Å²) in [4.78, 5) is 23.3. The monoisotopic (exact) mass is 419 g/mol. The molecular weight excluding hydrogens is 394 g/mol. The maximum atomic E-state index is 13.6. The van der Waals surface area contributed by atoms with E-state index in [9.17, 15) is 4.79 Å². The van der Waals surface area contributed by atoms with Crippen LogP contribution in [0.2, 0.25) is 0 Å². The molecule has 158 valence electrons. The van der Waals surface area contributed by atoms with Crippen LogP contribution in [-0.4, -0.2) is 22.4 Å². The lowest BCUT2D eigenvalue weighted by molar-refractivity contribution is 0.0988. The zero-order valence-electron chi connectivity index (χ0n) is 18.5. The van der Waals surface area contributed by atoms with Gasteiger partial charge in [-0.25, -0.2) is 0 Å². The number of hydrogen-bond donors (Lipinski definition) is 1. The van der Waals surface area contributed by atoms with Crippen LogP contribution in [0.3, 0.4) is 0 Å². The van der Waals surface area contributed by atoms with Crippen LogP contribution in [0.15, 0.2) is 79.1 Å². The van der Waals surface area contributed by atoms with Crippen LogP contribution in [-0.2, 0) is 0 Å². The Labute approximate surface area is 187 Å². The summed E-state index contributed by atoms with van der Waals surface area (Å²) in [6.45, 7) is 6.72. The van der Waals surface area contributed by atoms with Gasteiger partial charge in [-0.2, -0.15) is 0 Å². The first-order valence-corrected chi connectivity index (χ1v) is 10.9. The molecule has 1 amide bonds. The minimum absolute atomic E-state index is 0.0149. The predicted molar refractivity (Wildman–Crippen MR) is 132 cm³/mol.